The molecule has 2 aliphatic heterocycles. The summed E-state index contributed by atoms with van der Waals surface area (Å²) in [5.41, 5.74) is 3.15. The molecule has 0 spiro atoms. The van der Waals surface area contributed by atoms with Crippen LogP contribution in [0.15, 0.2) is 18.2 Å². The van der Waals surface area contributed by atoms with Crippen LogP contribution in [-0.2, 0) is 17.7 Å². The Morgan fingerprint density at radius 1 is 1.45 bits per heavy atom. The number of carbonyl (C=O) groups excluding carboxylic acids is 1. The van der Waals surface area contributed by atoms with Crippen LogP contribution in [0.3, 0.4) is 0 Å². The van der Waals surface area contributed by atoms with Crippen molar-refractivity contribution in [2.45, 2.75) is 38.3 Å². The van der Waals surface area contributed by atoms with E-state index in [0.29, 0.717) is 6.54 Å². The monoisotopic (exact) mass is 274 g/mol. The van der Waals surface area contributed by atoms with Crippen LogP contribution in [0.25, 0.3) is 0 Å². The minimum atomic E-state index is -0.189. The second-order valence-electron chi connectivity index (χ2n) is 5.99. The van der Waals surface area contributed by atoms with Crippen LogP contribution in [0.1, 0.15) is 41.3 Å². The third kappa shape index (κ3) is 2.86. The molecule has 0 bridgehead atoms. The molecule has 2 heterocycles. The highest BCUT2D eigenvalue weighted by Gasteiger charge is 2.30. The zero-order valence-electron chi connectivity index (χ0n) is 12.0. The van der Waals surface area contributed by atoms with E-state index < -0.39 is 0 Å². The molecule has 0 saturated carbocycles. The van der Waals surface area contributed by atoms with Crippen molar-refractivity contribution in [2.75, 3.05) is 19.7 Å². The van der Waals surface area contributed by atoms with Crippen LogP contribution in [-0.4, -0.2) is 31.2 Å². The second kappa shape index (κ2) is 5.54. The summed E-state index contributed by atoms with van der Waals surface area (Å²) in [5, 5.41) is 6.34. The van der Waals surface area contributed by atoms with Gasteiger partial charge in [0.1, 0.15) is 0 Å². The molecule has 3 rings (SSSR count). The fourth-order valence-electron chi connectivity index (χ4n) is 2.97. The van der Waals surface area contributed by atoms with Crippen molar-refractivity contribution in [1.82, 2.24) is 10.6 Å². The molecule has 1 aromatic rings. The first-order chi connectivity index (χ1) is 9.66. The van der Waals surface area contributed by atoms with E-state index in [2.05, 4.69) is 23.6 Å². The van der Waals surface area contributed by atoms with Gasteiger partial charge in [-0.25, -0.2) is 0 Å². The lowest BCUT2D eigenvalue weighted by Crippen LogP contribution is -2.40. The summed E-state index contributed by atoms with van der Waals surface area (Å²) < 4.78 is 5.69. The van der Waals surface area contributed by atoms with Gasteiger partial charge in [0, 0.05) is 25.3 Å². The number of fused-ring (bicyclic) bond motifs is 1. The van der Waals surface area contributed by atoms with Crippen LogP contribution < -0.4 is 10.6 Å². The lowest BCUT2D eigenvalue weighted by Gasteiger charge is -2.23. The van der Waals surface area contributed by atoms with Gasteiger partial charge in [-0.3, -0.25) is 4.79 Å². The zero-order chi connectivity index (χ0) is 14.0. The van der Waals surface area contributed by atoms with Gasteiger partial charge < -0.3 is 15.4 Å². The third-order valence-electron chi connectivity index (χ3n) is 4.28. The van der Waals surface area contributed by atoms with Crippen LogP contribution in [0.4, 0.5) is 0 Å². The smallest absolute Gasteiger partial charge is 0.251 e. The molecule has 1 unspecified atom stereocenters. The Balaban J connectivity index is 1.65. The van der Waals surface area contributed by atoms with E-state index >= 15 is 0 Å². The predicted molar refractivity (Wildman–Crippen MR) is 77.8 cm³/mol. The standard InChI is InChI=1S/C16H22N2O2/c1-16(6-2-8-20-16)11-18-15(19)13-4-3-12-5-7-17-10-14(12)9-13/h3-4,9,17H,2,5-8,10-11H2,1H3,(H,18,19). The van der Waals surface area contributed by atoms with E-state index in [1.54, 1.807) is 0 Å². The summed E-state index contributed by atoms with van der Waals surface area (Å²) in [5.74, 6) is -0.00454. The maximum absolute atomic E-state index is 12.2. The molecule has 0 aromatic heterocycles. The molecule has 1 aromatic carbocycles. The fourth-order valence-corrected chi connectivity index (χ4v) is 2.97. The van der Waals surface area contributed by atoms with Crippen molar-refractivity contribution in [3.8, 4) is 0 Å². The van der Waals surface area contributed by atoms with Crippen LogP contribution >= 0.6 is 0 Å². The Morgan fingerprint density at radius 3 is 3.15 bits per heavy atom. The van der Waals surface area contributed by atoms with E-state index in [1.165, 1.54) is 11.1 Å². The molecule has 2 N–H and O–H groups in total. The van der Waals surface area contributed by atoms with Gasteiger partial charge in [0.05, 0.1) is 5.60 Å². The first-order valence-corrected chi connectivity index (χ1v) is 7.41. The Labute approximate surface area is 119 Å². The molecule has 0 radical (unpaired) electrons. The summed E-state index contributed by atoms with van der Waals surface area (Å²) >= 11 is 0. The Morgan fingerprint density at radius 2 is 2.35 bits per heavy atom. The van der Waals surface area contributed by atoms with E-state index in [9.17, 15) is 4.79 Å². The molecule has 20 heavy (non-hydrogen) atoms. The number of benzene rings is 1. The topological polar surface area (TPSA) is 50.4 Å². The molecule has 2 aliphatic rings. The summed E-state index contributed by atoms with van der Waals surface area (Å²) in [6.07, 6.45) is 3.14. The van der Waals surface area contributed by atoms with Crippen molar-refractivity contribution in [3.05, 3.63) is 34.9 Å². The first-order valence-electron chi connectivity index (χ1n) is 7.41. The Hall–Kier alpha value is -1.39. The molecule has 4 nitrogen and oxygen atoms in total. The maximum atomic E-state index is 12.2. The molecule has 4 heteroatoms. The molecule has 108 valence electrons. The summed E-state index contributed by atoms with van der Waals surface area (Å²) in [7, 11) is 0. The molecular formula is C16H22N2O2. The molecule has 0 aliphatic carbocycles. The van der Waals surface area contributed by atoms with E-state index in [1.807, 2.05) is 12.1 Å². The summed E-state index contributed by atoms with van der Waals surface area (Å²) in [4.78, 5) is 12.2. The van der Waals surface area contributed by atoms with Gasteiger partial charge in [-0.05, 0) is 56.0 Å². The van der Waals surface area contributed by atoms with Gasteiger partial charge in [-0.15, -0.1) is 0 Å². The van der Waals surface area contributed by atoms with Gasteiger partial charge in [-0.2, -0.15) is 0 Å². The van der Waals surface area contributed by atoms with Gasteiger partial charge in [0.25, 0.3) is 5.91 Å². The first kappa shape index (κ1) is 13.6. The minimum Gasteiger partial charge on any atom is -0.373 e. The number of nitrogens with one attached hydrogen (secondary N) is 2. The fraction of sp³-hybridized carbons (Fsp3) is 0.562. The largest absolute Gasteiger partial charge is 0.373 e. The number of hydrogen-bond acceptors (Lipinski definition) is 3. The zero-order valence-corrected chi connectivity index (χ0v) is 12.0. The Bertz CT molecular complexity index is 507. The molecule has 1 saturated heterocycles. The van der Waals surface area contributed by atoms with Gasteiger partial charge in [0.15, 0.2) is 0 Å². The van der Waals surface area contributed by atoms with Gasteiger partial charge in [-0.1, -0.05) is 6.07 Å². The van der Waals surface area contributed by atoms with Gasteiger partial charge >= 0.3 is 0 Å². The van der Waals surface area contributed by atoms with Crippen molar-refractivity contribution in [2.24, 2.45) is 0 Å². The lowest BCUT2D eigenvalue weighted by molar-refractivity contribution is 0.0206. The summed E-state index contributed by atoms with van der Waals surface area (Å²) in [6, 6.07) is 6.02. The van der Waals surface area contributed by atoms with Gasteiger partial charge in [0.2, 0.25) is 0 Å². The summed E-state index contributed by atoms with van der Waals surface area (Å²) in [6.45, 7) is 5.33. The van der Waals surface area contributed by atoms with Crippen molar-refractivity contribution >= 4 is 5.91 Å². The predicted octanol–water partition coefficient (Wildman–Crippen LogP) is 1.63. The van der Waals surface area contributed by atoms with Crippen LogP contribution in [0.5, 0.6) is 0 Å². The highest BCUT2D eigenvalue weighted by Crippen LogP contribution is 2.24. The average molecular weight is 274 g/mol. The Kier molecular flexibility index (Phi) is 3.76. The van der Waals surface area contributed by atoms with E-state index in [0.717, 1.165) is 44.5 Å². The lowest BCUT2D eigenvalue weighted by atomic mass is 9.98. The van der Waals surface area contributed by atoms with Crippen LogP contribution in [0, 0.1) is 0 Å². The number of hydrogen-bond donors (Lipinski definition) is 2. The molecular weight excluding hydrogens is 252 g/mol. The van der Waals surface area contributed by atoms with E-state index in [-0.39, 0.29) is 11.5 Å². The number of amides is 1. The number of rotatable bonds is 3. The van der Waals surface area contributed by atoms with E-state index in [4.69, 9.17) is 4.74 Å². The van der Waals surface area contributed by atoms with Crippen molar-refractivity contribution in [3.63, 3.8) is 0 Å². The minimum absolute atomic E-state index is 0.00454. The van der Waals surface area contributed by atoms with Crippen molar-refractivity contribution < 1.29 is 9.53 Å². The number of carbonyl (C=O) groups is 1. The normalized spacial score (nSPS) is 25.2. The number of ether oxygens (including phenoxy) is 1. The maximum Gasteiger partial charge on any atom is 0.251 e. The highest BCUT2D eigenvalue weighted by atomic mass is 16.5. The average Bonchev–Trinajstić information content (AvgIpc) is 2.91. The second-order valence-corrected chi connectivity index (χ2v) is 5.99. The highest BCUT2D eigenvalue weighted by molar-refractivity contribution is 5.94. The third-order valence-corrected chi connectivity index (χ3v) is 4.28. The SMILES string of the molecule is CC1(CNC(=O)c2ccc3c(c2)CNCC3)CCCO1. The van der Waals surface area contributed by atoms with Crippen LogP contribution in [0.2, 0.25) is 0 Å². The van der Waals surface area contributed by atoms with Crippen molar-refractivity contribution in [1.29, 1.82) is 0 Å². The quantitative estimate of drug-likeness (QED) is 0.881. The molecule has 1 amide bonds. The molecule has 1 atom stereocenters. The molecule has 1 fully saturated rings.